The normalized spacial score (nSPS) is 10.3. The van der Waals surface area contributed by atoms with E-state index in [2.05, 4.69) is 49.2 Å². The van der Waals surface area contributed by atoms with Gasteiger partial charge in [0.15, 0.2) is 0 Å². The molecule has 2 rings (SSSR count). The van der Waals surface area contributed by atoms with Gasteiger partial charge in [-0.3, -0.25) is 0 Å². The molecule has 0 aliphatic carbocycles. The van der Waals surface area contributed by atoms with E-state index in [0.29, 0.717) is 0 Å². The molecule has 0 aliphatic heterocycles. The molecule has 0 unspecified atom stereocenters. The number of nitrogens with two attached hydrogens (primary N) is 1. The Morgan fingerprint density at radius 1 is 1.00 bits per heavy atom. The molecule has 2 N–H and O–H groups in total. The van der Waals surface area contributed by atoms with Crippen molar-refractivity contribution < 1.29 is 0 Å². The van der Waals surface area contributed by atoms with Crippen molar-refractivity contribution in [3.63, 3.8) is 0 Å². The number of nitrogen functional groups attached to an aromatic ring is 1. The van der Waals surface area contributed by atoms with Gasteiger partial charge in [0.25, 0.3) is 0 Å². The first kappa shape index (κ1) is 12.5. The number of hydrogen-bond donors (Lipinski definition) is 1. The summed E-state index contributed by atoms with van der Waals surface area (Å²) >= 11 is 0. The van der Waals surface area contributed by atoms with Crippen molar-refractivity contribution in [2.24, 2.45) is 0 Å². The minimum absolute atomic E-state index is 0.806. The lowest BCUT2D eigenvalue weighted by Gasteiger charge is -2.20. The number of benzene rings is 2. The second-order valence-electron chi connectivity index (χ2n) is 4.62. The Morgan fingerprint density at radius 3 is 2.28 bits per heavy atom. The molecule has 0 amide bonds. The zero-order chi connectivity index (χ0) is 13.0. The summed E-state index contributed by atoms with van der Waals surface area (Å²) in [5.41, 5.74) is 10.5. The van der Waals surface area contributed by atoms with Crippen LogP contribution in [-0.2, 0) is 13.0 Å². The largest absolute Gasteiger partial charge is 0.399 e. The van der Waals surface area contributed by atoms with Crippen LogP contribution >= 0.6 is 0 Å². The standard InChI is InChI=1S/C16H20N2/c1-3-13-7-9-14(10-8-13)12-18(2)16-6-4-5-15(17)11-16/h4-11H,3,12,17H2,1-2H3. The van der Waals surface area contributed by atoms with Crippen molar-refractivity contribution in [2.45, 2.75) is 19.9 Å². The quantitative estimate of drug-likeness (QED) is 0.829. The summed E-state index contributed by atoms with van der Waals surface area (Å²) in [4.78, 5) is 2.21. The molecule has 0 aliphatic rings. The van der Waals surface area contributed by atoms with Crippen molar-refractivity contribution in [1.29, 1.82) is 0 Å². The Bertz CT molecular complexity index is 503. The second kappa shape index (κ2) is 5.58. The molecule has 0 fully saturated rings. The molecule has 0 saturated carbocycles. The summed E-state index contributed by atoms with van der Waals surface area (Å²) in [6, 6.07) is 16.8. The van der Waals surface area contributed by atoms with Crippen LogP contribution in [0.2, 0.25) is 0 Å². The highest BCUT2D eigenvalue weighted by molar-refractivity contribution is 5.55. The van der Waals surface area contributed by atoms with E-state index in [9.17, 15) is 0 Å². The molecular formula is C16H20N2. The molecule has 2 aromatic carbocycles. The molecule has 2 aromatic rings. The molecular weight excluding hydrogens is 220 g/mol. The topological polar surface area (TPSA) is 29.3 Å². The van der Waals surface area contributed by atoms with E-state index < -0.39 is 0 Å². The summed E-state index contributed by atoms with van der Waals surface area (Å²) in [5, 5.41) is 0. The highest BCUT2D eigenvalue weighted by Crippen LogP contribution is 2.18. The fraction of sp³-hybridized carbons (Fsp3) is 0.250. The van der Waals surface area contributed by atoms with Crippen LogP contribution in [0.1, 0.15) is 18.1 Å². The molecule has 0 aromatic heterocycles. The highest BCUT2D eigenvalue weighted by atomic mass is 15.1. The minimum Gasteiger partial charge on any atom is -0.399 e. The van der Waals surface area contributed by atoms with E-state index in [0.717, 1.165) is 24.3 Å². The Balaban J connectivity index is 2.08. The van der Waals surface area contributed by atoms with Crippen LogP contribution in [0, 0.1) is 0 Å². The SMILES string of the molecule is CCc1ccc(CN(C)c2cccc(N)c2)cc1. The van der Waals surface area contributed by atoms with Crippen molar-refractivity contribution in [3.8, 4) is 0 Å². The van der Waals surface area contributed by atoms with Gasteiger partial charge in [0.05, 0.1) is 0 Å². The van der Waals surface area contributed by atoms with Gasteiger partial charge in [0, 0.05) is 25.0 Å². The zero-order valence-corrected chi connectivity index (χ0v) is 11.1. The molecule has 18 heavy (non-hydrogen) atoms. The Labute approximate surface area is 109 Å². The number of nitrogens with zero attached hydrogens (tertiary/aromatic N) is 1. The predicted octanol–water partition coefficient (Wildman–Crippen LogP) is 3.47. The molecule has 2 heteroatoms. The lowest BCUT2D eigenvalue weighted by molar-refractivity contribution is 0.921. The van der Waals surface area contributed by atoms with Crippen LogP contribution in [0.5, 0.6) is 0 Å². The van der Waals surface area contributed by atoms with Gasteiger partial charge in [-0.15, -0.1) is 0 Å². The van der Waals surface area contributed by atoms with Gasteiger partial charge in [0.2, 0.25) is 0 Å². The van der Waals surface area contributed by atoms with Crippen molar-refractivity contribution in [1.82, 2.24) is 0 Å². The highest BCUT2D eigenvalue weighted by Gasteiger charge is 2.02. The van der Waals surface area contributed by atoms with Gasteiger partial charge in [-0.1, -0.05) is 37.3 Å². The summed E-state index contributed by atoms with van der Waals surface area (Å²) in [6.45, 7) is 3.07. The number of hydrogen-bond acceptors (Lipinski definition) is 2. The Kier molecular flexibility index (Phi) is 3.88. The third-order valence-electron chi connectivity index (χ3n) is 3.16. The smallest absolute Gasteiger partial charge is 0.0426 e. The molecule has 0 atom stereocenters. The summed E-state index contributed by atoms with van der Waals surface area (Å²) in [5.74, 6) is 0. The maximum absolute atomic E-state index is 5.80. The fourth-order valence-electron chi connectivity index (χ4n) is 2.01. The van der Waals surface area contributed by atoms with Gasteiger partial charge < -0.3 is 10.6 Å². The van der Waals surface area contributed by atoms with Crippen molar-refractivity contribution in [2.75, 3.05) is 17.7 Å². The lowest BCUT2D eigenvalue weighted by Crippen LogP contribution is -2.16. The molecule has 0 heterocycles. The summed E-state index contributed by atoms with van der Waals surface area (Å²) in [6.07, 6.45) is 1.09. The first-order valence-corrected chi connectivity index (χ1v) is 6.33. The number of aryl methyl sites for hydroxylation is 1. The van der Waals surface area contributed by atoms with Crippen LogP contribution in [0.4, 0.5) is 11.4 Å². The van der Waals surface area contributed by atoms with Gasteiger partial charge in [-0.2, -0.15) is 0 Å². The van der Waals surface area contributed by atoms with Gasteiger partial charge in [0.1, 0.15) is 0 Å². The lowest BCUT2D eigenvalue weighted by atomic mass is 10.1. The summed E-state index contributed by atoms with van der Waals surface area (Å²) in [7, 11) is 2.09. The third-order valence-corrected chi connectivity index (χ3v) is 3.16. The van der Waals surface area contributed by atoms with E-state index in [1.807, 2.05) is 18.2 Å². The average Bonchev–Trinajstić information content (AvgIpc) is 2.39. The second-order valence-corrected chi connectivity index (χ2v) is 4.62. The van der Waals surface area contributed by atoms with Gasteiger partial charge in [-0.25, -0.2) is 0 Å². The predicted molar refractivity (Wildman–Crippen MR) is 78.8 cm³/mol. The molecule has 94 valence electrons. The van der Waals surface area contributed by atoms with Crippen LogP contribution < -0.4 is 10.6 Å². The Hall–Kier alpha value is -1.96. The molecule has 0 bridgehead atoms. The molecule has 0 radical (unpaired) electrons. The molecule has 0 saturated heterocycles. The van der Waals surface area contributed by atoms with Crippen molar-refractivity contribution >= 4 is 11.4 Å². The Morgan fingerprint density at radius 2 is 1.67 bits per heavy atom. The van der Waals surface area contributed by atoms with Crippen LogP contribution in [0.15, 0.2) is 48.5 Å². The van der Waals surface area contributed by atoms with E-state index >= 15 is 0 Å². The van der Waals surface area contributed by atoms with Crippen LogP contribution in [0.25, 0.3) is 0 Å². The minimum atomic E-state index is 0.806. The molecule has 0 spiro atoms. The van der Waals surface area contributed by atoms with Gasteiger partial charge in [-0.05, 0) is 35.7 Å². The fourth-order valence-corrected chi connectivity index (χ4v) is 2.01. The maximum Gasteiger partial charge on any atom is 0.0426 e. The van der Waals surface area contributed by atoms with Crippen molar-refractivity contribution in [3.05, 3.63) is 59.7 Å². The first-order chi connectivity index (χ1) is 8.69. The maximum atomic E-state index is 5.80. The average molecular weight is 240 g/mol. The number of anilines is 2. The van der Waals surface area contributed by atoms with Gasteiger partial charge >= 0.3 is 0 Å². The van der Waals surface area contributed by atoms with E-state index in [4.69, 9.17) is 5.73 Å². The van der Waals surface area contributed by atoms with E-state index in [1.54, 1.807) is 0 Å². The zero-order valence-electron chi connectivity index (χ0n) is 11.1. The molecule has 2 nitrogen and oxygen atoms in total. The van der Waals surface area contributed by atoms with Crippen LogP contribution in [-0.4, -0.2) is 7.05 Å². The van der Waals surface area contributed by atoms with E-state index in [-0.39, 0.29) is 0 Å². The van der Waals surface area contributed by atoms with E-state index in [1.165, 1.54) is 11.1 Å². The monoisotopic (exact) mass is 240 g/mol. The first-order valence-electron chi connectivity index (χ1n) is 6.33. The number of rotatable bonds is 4. The third kappa shape index (κ3) is 3.04. The van der Waals surface area contributed by atoms with Crippen LogP contribution in [0.3, 0.4) is 0 Å². The summed E-state index contributed by atoms with van der Waals surface area (Å²) < 4.78 is 0.